The highest BCUT2D eigenvalue weighted by atomic mass is 32.1. The Morgan fingerprint density at radius 2 is 2.00 bits per heavy atom. The number of nitrogens with zero attached hydrogens (tertiary/aromatic N) is 2. The van der Waals surface area contributed by atoms with Crippen LogP contribution in [0.25, 0.3) is 10.2 Å². The van der Waals surface area contributed by atoms with Crippen molar-refractivity contribution in [1.82, 2.24) is 9.88 Å². The lowest BCUT2D eigenvalue weighted by atomic mass is 10.2. The van der Waals surface area contributed by atoms with Crippen molar-refractivity contribution in [3.8, 4) is 5.75 Å². The molecular formula is C22H26N3O2S+. The molecule has 0 aliphatic carbocycles. The van der Waals surface area contributed by atoms with Crippen molar-refractivity contribution in [2.45, 2.75) is 13.1 Å². The van der Waals surface area contributed by atoms with E-state index in [1.165, 1.54) is 5.56 Å². The number of nitrogens with one attached hydrogen (secondary N) is 1. The maximum atomic E-state index is 12.6. The standard InChI is InChI=1S/C22H25N3O2S/c1-4-13-27-18-11-9-17(10-12-18)14-24(2)16-22(26)25(3)15-21-23-19-7-5-6-8-20(19)28-21/h4-12H,1,13-16H2,2-3H3/p+1. The molecule has 3 aromatic rings. The molecule has 6 heteroatoms. The summed E-state index contributed by atoms with van der Waals surface area (Å²) in [7, 11) is 3.87. The second-order valence-electron chi connectivity index (χ2n) is 6.88. The topological polar surface area (TPSA) is 46.9 Å². The van der Waals surface area contributed by atoms with Gasteiger partial charge in [-0.2, -0.15) is 0 Å². The first-order valence-electron chi connectivity index (χ1n) is 9.27. The van der Waals surface area contributed by atoms with Gasteiger partial charge in [0.1, 0.15) is 23.9 Å². The van der Waals surface area contributed by atoms with Crippen molar-refractivity contribution in [1.29, 1.82) is 0 Å². The molecule has 1 atom stereocenters. The van der Waals surface area contributed by atoms with Crippen LogP contribution >= 0.6 is 11.3 Å². The number of amides is 1. The maximum absolute atomic E-state index is 12.6. The summed E-state index contributed by atoms with van der Waals surface area (Å²) in [6, 6.07) is 16.0. The zero-order valence-corrected chi connectivity index (χ0v) is 17.2. The molecule has 0 saturated heterocycles. The first-order chi connectivity index (χ1) is 13.5. The summed E-state index contributed by atoms with van der Waals surface area (Å²) >= 11 is 1.64. The number of aromatic nitrogens is 1. The molecule has 146 valence electrons. The molecule has 1 unspecified atom stereocenters. The van der Waals surface area contributed by atoms with E-state index < -0.39 is 0 Å². The predicted octanol–water partition coefficient (Wildman–Crippen LogP) is 2.53. The number of fused-ring (bicyclic) bond motifs is 1. The minimum Gasteiger partial charge on any atom is -0.490 e. The van der Waals surface area contributed by atoms with E-state index in [1.54, 1.807) is 22.3 Å². The van der Waals surface area contributed by atoms with Crippen LogP contribution < -0.4 is 9.64 Å². The van der Waals surface area contributed by atoms with E-state index in [0.717, 1.165) is 32.4 Å². The molecule has 5 nitrogen and oxygen atoms in total. The molecule has 0 bridgehead atoms. The van der Waals surface area contributed by atoms with Gasteiger partial charge in [-0.1, -0.05) is 24.8 Å². The van der Waals surface area contributed by atoms with Gasteiger partial charge in [-0.25, -0.2) is 4.98 Å². The van der Waals surface area contributed by atoms with Crippen molar-refractivity contribution in [3.63, 3.8) is 0 Å². The van der Waals surface area contributed by atoms with Gasteiger partial charge in [-0.05, 0) is 36.4 Å². The molecule has 0 aliphatic heterocycles. The smallest absolute Gasteiger partial charge is 0.277 e. The second-order valence-corrected chi connectivity index (χ2v) is 7.99. The number of para-hydroxylation sites is 1. The molecule has 1 amide bonds. The third-order valence-electron chi connectivity index (χ3n) is 4.39. The average Bonchev–Trinajstić information content (AvgIpc) is 3.09. The summed E-state index contributed by atoms with van der Waals surface area (Å²) in [5, 5.41) is 0.963. The van der Waals surface area contributed by atoms with E-state index >= 15 is 0 Å². The minimum absolute atomic E-state index is 0.114. The fraction of sp³-hybridized carbons (Fsp3) is 0.273. The third-order valence-corrected chi connectivity index (χ3v) is 5.41. The molecule has 0 spiro atoms. The van der Waals surface area contributed by atoms with E-state index in [9.17, 15) is 4.79 Å². The monoisotopic (exact) mass is 396 g/mol. The van der Waals surface area contributed by atoms with Crippen LogP contribution in [-0.2, 0) is 17.9 Å². The van der Waals surface area contributed by atoms with E-state index in [1.807, 2.05) is 56.6 Å². The molecule has 1 aromatic heterocycles. The van der Waals surface area contributed by atoms with Gasteiger partial charge < -0.3 is 14.5 Å². The highest BCUT2D eigenvalue weighted by Gasteiger charge is 2.17. The Balaban J connectivity index is 1.50. The molecule has 1 heterocycles. The van der Waals surface area contributed by atoms with Crippen molar-refractivity contribution in [2.24, 2.45) is 0 Å². The summed E-state index contributed by atoms with van der Waals surface area (Å²) < 4.78 is 6.65. The Morgan fingerprint density at radius 3 is 2.71 bits per heavy atom. The van der Waals surface area contributed by atoms with Crippen molar-refractivity contribution < 1.29 is 14.4 Å². The molecular weight excluding hydrogens is 370 g/mol. The van der Waals surface area contributed by atoms with Gasteiger partial charge in [0.2, 0.25) is 0 Å². The Bertz CT molecular complexity index is 903. The lowest BCUT2D eigenvalue weighted by molar-refractivity contribution is -0.885. The van der Waals surface area contributed by atoms with Crippen LogP contribution in [0, 0.1) is 0 Å². The number of quaternary nitrogens is 1. The van der Waals surface area contributed by atoms with Gasteiger partial charge in [0.15, 0.2) is 6.54 Å². The Kier molecular flexibility index (Phi) is 6.79. The number of carbonyl (C=O) groups is 1. The number of likely N-dealkylation sites (N-methyl/N-ethyl adjacent to an activating group) is 2. The number of hydrogen-bond donors (Lipinski definition) is 1. The lowest BCUT2D eigenvalue weighted by Gasteiger charge is -2.19. The SMILES string of the molecule is C=CCOc1ccc(C[NH+](C)CC(=O)N(C)Cc2nc3ccccc3s2)cc1. The maximum Gasteiger partial charge on any atom is 0.277 e. The molecule has 2 aromatic carbocycles. The Hall–Kier alpha value is -2.70. The van der Waals surface area contributed by atoms with Gasteiger partial charge in [-0.3, -0.25) is 4.79 Å². The lowest BCUT2D eigenvalue weighted by Crippen LogP contribution is -3.08. The fourth-order valence-corrected chi connectivity index (χ4v) is 3.96. The molecule has 3 rings (SSSR count). The minimum atomic E-state index is 0.114. The highest BCUT2D eigenvalue weighted by molar-refractivity contribution is 7.18. The summed E-state index contributed by atoms with van der Waals surface area (Å²) in [5.74, 6) is 0.940. The number of hydrogen-bond acceptors (Lipinski definition) is 4. The van der Waals surface area contributed by atoms with Gasteiger partial charge >= 0.3 is 0 Å². The van der Waals surface area contributed by atoms with Crippen LogP contribution in [0.2, 0.25) is 0 Å². The van der Waals surface area contributed by atoms with E-state index in [0.29, 0.717) is 19.7 Å². The van der Waals surface area contributed by atoms with Crippen LogP contribution in [0.15, 0.2) is 61.2 Å². The highest BCUT2D eigenvalue weighted by Crippen LogP contribution is 2.22. The van der Waals surface area contributed by atoms with Crippen LogP contribution in [0.3, 0.4) is 0 Å². The van der Waals surface area contributed by atoms with Crippen molar-refractivity contribution in [2.75, 3.05) is 27.2 Å². The normalized spacial score (nSPS) is 11.9. The Morgan fingerprint density at radius 1 is 1.25 bits per heavy atom. The summed E-state index contributed by atoms with van der Waals surface area (Å²) in [4.78, 5) is 20.1. The molecule has 1 N–H and O–H groups in total. The van der Waals surface area contributed by atoms with Gasteiger partial charge in [-0.15, -0.1) is 11.3 Å². The Labute approximate surface area is 169 Å². The number of thiazole rings is 1. The van der Waals surface area contributed by atoms with Gasteiger partial charge in [0, 0.05) is 12.6 Å². The molecule has 0 fully saturated rings. The molecule has 28 heavy (non-hydrogen) atoms. The zero-order chi connectivity index (χ0) is 19.9. The zero-order valence-electron chi connectivity index (χ0n) is 16.4. The van der Waals surface area contributed by atoms with E-state index in [2.05, 4.69) is 17.6 Å². The molecule has 0 radical (unpaired) electrons. The number of ether oxygens (including phenoxy) is 1. The third kappa shape index (κ3) is 5.41. The van der Waals surface area contributed by atoms with Gasteiger partial charge in [0.05, 0.1) is 23.8 Å². The van der Waals surface area contributed by atoms with Crippen LogP contribution in [-0.4, -0.2) is 43.0 Å². The predicted molar refractivity (Wildman–Crippen MR) is 114 cm³/mol. The number of benzene rings is 2. The van der Waals surface area contributed by atoms with Crippen molar-refractivity contribution >= 4 is 27.5 Å². The average molecular weight is 397 g/mol. The van der Waals surface area contributed by atoms with E-state index in [-0.39, 0.29) is 5.91 Å². The molecule has 0 saturated carbocycles. The number of rotatable bonds is 9. The van der Waals surface area contributed by atoms with E-state index in [4.69, 9.17) is 4.74 Å². The van der Waals surface area contributed by atoms with Crippen LogP contribution in [0.4, 0.5) is 0 Å². The van der Waals surface area contributed by atoms with Gasteiger partial charge in [0.25, 0.3) is 5.91 Å². The first-order valence-corrected chi connectivity index (χ1v) is 10.1. The van der Waals surface area contributed by atoms with Crippen LogP contribution in [0.1, 0.15) is 10.6 Å². The first kappa shape index (κ1) is 20.0. The summed E-state index contributed by atoms with van der Waals surface area (Å²) in [6.45, 7) is 5.91. The largest absolute Gasteiger partial charge is 0.490 e. The fourth-order valence-electron chi connectivity index (χ4n) is 2.94. The van der Waals surface area contributed by atoms with Crippen molar-refractivity contribution in [3.05, 3.63) is 71.8 Å². The number of carbonyl (C=O) groups excluding carboxylic acids is 1. The molecule has 0 aliphatic rings. The summed E-state index contributed by atoms with van der Waals surface area (Å²) in [5.41, 5.74) is 2.16. The summed E-state index contributed by atoms with van der Waals surface area (Å²) in [6.07, 6.45) is 1.72. The quantitative estimate of drug-likeness (QED) is 0.566. The second kappa shape index (κ2) is 9.48. The van der Waals surface area contributed by atoms with Crippen LogP contribution in [0.5, 0.6) is 5.75 Å².